The minimum Gasteiger partial charge on any atom is -0.357 e. The molecule has 0 N–H and O–H groups in total. The Kier molecular flexibility index (Phi) is 5.56. The zero-order valence-electron chi connectivity index (χ0n) is 23.3. The van der Waals surface area contributed by atoms with Crippen molar-refractivity contribution in [2.45, 2.75) is 38.3 Å². The molecule has 8 nitrogen and oxygen atoms in total. The number of alkyl halides is 5. The first-order valence-corrected chi connectivity index (χ1v) is 12.9. The van der Waals surface area contributed by atoms with Crippen molar-refractivity contribution in [3.8, 4) is 16.8 Å². The van der Waals surface area contributed by atoms with Crippen LogP contribution < -0.4 is 10.6 Å². The fraction of sp³-hybridized carbons (Fsp3) is 0.393. The maximum atomic E-state index is 14.5. The van der Waals surface area contributed by atoms with Gasteiger partial charge in [0.2, 0.25) is 0 Å². The molecule has 41 heavy (non-hydrogen) atoms. The van der Waals surface area contributed by atoms with E-state index < -0.39 is 36.2 Å². The largest absolute Gasteiger partial charge is 0.417 e. The van der Waals surface area contributed by atoms with Crippen LogP contribution >= 0.6 is 0 Å². The Morgan fingerprint density at radius 2 is 1.61 bits per heavy atom. The van der Waals surface area contributed by atoms with Crippen LogP contribution in [0.3, 0.4) is 0 Å². The summed E-state index contributed by atoms with van der Waals surface area (Å²) in [5.41, 5.74) is 0.713. The molecule has 0 spiro atoms. The van der Waals surface area contributed by atoms with E-state index in [1.165, 1.54) is 37.2 Å². The van der Waals surface area contributed by atoms with E-state index in [0.29, 0.717) is 39.3 Å². The number of benzene rings is 2. The van der Waals surface area contributed by atoms with Crippen LogP contribution in [-0.4, -0.2) is 47.5 Å². The lowest BCUT2D eigenvalue weighted by molar-refractivity contribution is -0.137. The third kappa shape index (κ3) is 4.20. The number of imidazole rings is 2. The number of nitrogens with zero attached hydrogens (tertiary/aromatic N) is 7. The number of rotatable bonds is 3. The van der Waals surface area contributed by atoms with Gasteiger partial charge >= 0.3 is 11.9 Å². The highest BCUT2D eigenvalue weighted by Gasteiger charge is 2.45. The molecule has 0 saturated carbocycles. The molecule has 0 unspecified atom stereocenters. The van der Waals surface area contributed by atoms with Crippen molar-refractivity contribution in [2.75, 3.05) is 18.0 Å². The number of halogens is 5. The topological polar surface area (TPSA) is 65.8 Å². The van der Waals surface area contributed by atoms with Gasteiger partial charge in [-0.2, -0.15) is 18.3 Å². The van der Waals surface area contributed by atoms with Crippen LogP contribution in [0.25, 0.3) is 38.9 Å². The zero-order valence-corrected chi connectivity index (χ0v) is 23.3. The number of aryl methyl sites for hydroxylation is 3. The Morgan fingerprint density at radius 1 is 0.927 bits per heavy atom. The van der Waals surface area contributed by atoms with Gasteiger partial charge in [0.25, 0.3) is 5.92 Å². The summed E-state index contributed by atoms with van der Waals surface area (Å²) in [6.07, 6.45) is -1.80. The molecule has 0 bridgehead atoms. The van der Waals surface area contributed by atoms with E-state index in [0.717, 1.165) is 6.07 Å². The average Bonchev–Trinajstić information content (AvgIpc) is 3.52. The molecule has 0 atom stereocenters. The van der Waals surface area contributed by atoms with Crippen molar-refractivity contribution >= 4 is 27.8 Å². The Balaban J connectivity index is 1.70. The molecule has 0 amide bonds. The predicted molar refractivity (Wildman–Crippen MR) is 146 cm³/mol. The van der Waals surface area contributed by atoms with Crippen LogP contribution in [-0.2, 0) is 32.7 Å². The van der Waals surface area contributed by atoms with E-state index in [4.69, 9.17) is 4.98 Å². The van der Waals surface area contributed by atoms with Crippen LogP contribution in [0.15, 0.2) is 41.5 Å². The van der Waals surface area contributed by atoms with Crippen molar-refractivity contribution in [1.82, 2.24) is 28.5 Å². The zero-order chi connectivity index (χ0) is 29.8. The van der Waals surface area contributed by atoms with Crippen LogP contribution in [0.5, 0.6) is 0 Å². The van der Waals surface area contributed by atoms with Crippen molar-refractivity contribution in [2.24, 2.45) is 21.1 Å². The maximum absolute atomic E-state index is 14.5. The predicted octanol–water partition coefficient (Wildman–Crippen LogP) is 5.39. The Bertz CT molecular complexity index is 1910. The van der Waals surface area contributed by atoms with Gasteiger partial charge in [-0.1, -0.05) is 20.8 Å². The molecule has 4 heterocycles. The third-order valence-corrected chi connectivity index (χ3v) is 7.55. The summed E-state index contributed by atoms with van der Waals surface area (Å²) < 4.78 is 77.2. The molecule has 2 aromatic carbocycles. The summed E-state index contributed by atoms with van der Waals surface area (Å²) in [6.45, 7) is 4.62. The molecule has 1 aliphatic heterocycles. The van der Waals surface area contributed by atoms with Crippen molar-refractivity contribution < 1.29 is 22.0 Å². The number of aromatic nitrogens is 6. The van der Waals surface area contributed by atoms with E-state index in [2.05, 4.69) is 5.10 Å². The summed E-state index contributed by atoms with van der Waals surface area (Å²) >= 11 is 0. The number of fused-ring (bicyclic) bond motifs is 2. The van der Waals surface area contributed by atoms with E-state index in [9.17, 15) is 26.7 Å². The van der Waals surface area contributed by atoms with Gasteiger partial charge in [-0.15, -0.1) is 0 Å². The van der Waals surface area contributed by atoms with Crippen molar-refractivity contribution in [3.63, 3.8) is 0 Å². The molecule has 3 aromatic heterocycles. The normalized spacial score (nSPS) is 15.7. The first-order valence-electron chi connectivity index (χ1n) is 12.9. The first-order chi connectivity index (χ1) is 19.0. The van der Waals surface area contributed by atoms with Gasteiger partial charge in [0.15, 0.2) is 0 Å². The van der Waals surface area contributed by atoms with E-state index in [1.54, 1.807) is 37.8 Å². The summed E-state index contributed by atoms with van der Waals surface area (Å²) in [5.74, 6) is -2.40. The molecule has 5 aromatic rings. The Labute approximate surface area is 231 Å². The number of anilines is 1. The molecule has 0 aliphatic carbocycles. The van der Waals surface area contributed by atoms with E-state index in [1.807, 2.05) is 20.8 Å². The molecule has 0 radical (unpaired) electrons. The summed E-state index contributed by atoms with van der Waals surface area (Å²) in [7, 11) is 4.76. The van der Waals surface area contributed by atoms with Gasteiger partial charge in [-0.05, 0) is 29.8 Å². The van der Waals surface area contributed by atoms with Gasteiger partial charge in [-0.25, -0.2) is 18.6 Å². The molecular weight excluding hydrogens is 545 g/mol. The summed E-state index contributed by atoms with van der Waals surface area (Å²) in [4.78, 5) is 19.1. The van der Waals surface area contributed by atoms with Gasteiger partial charge < -0.3 is 4.90 Å². The monoisotopic (exact) mass is 573 g/mol. The highest BCUT2D eigenvalue weighted by molar-refractivity contribution is 5.94. The van der Waals surface area contributed by atoms with Crippen LogP contribution in [0.4, 0.5) is 27.6 Å². The smallest absolute Gasteiger partial charge is 0.357 e. The van der Waals surface area contributed by atoms with Gasteiger partial charge in [0.1, 0.15) is 5.82 Å². The lowest BCUT2D eigenvalue weighted by Crippen LogP contribution is -2.56. The maximum Gasteiger partial charge on any atom is 0.417 e. The molecule has 1 fully saturated rings. The van der Waals surface area contributed by atoms with Gasteiger partial charge in [0, 0.05) is 38.3 Å². The minimum absolute atomic E-state index is 0.0485. The van der Waals surface area contributed by atoms with Crippen LogP contribution in [0, 0.1) is 0 Å². The fourth-order valence-corrected chi connectivity index (χ4v) is 5.59. The van der Waals surface area contributed by atoms with Crippen molar-refractivity contribution in [3.05, 3.63) is 58.5 Å². The molecule has 216 valence electrons. The molecule has 1 saturated heterocycles. The van der Waals surface area contributed by atoms with Crippen LogP contribution in [0.1, 0.15) is 32.2 Å². The third-order valence-electron chi connectivity index (χ3n) is 7.55. The second-order valence-electron chi connectivity index (χ2n) is 11.8. The molecule has 6 rings (SSSR count). The highest BCUT2D eigenvalue weighted by atomic mass is 19.4. The highest BCUT2D eigenvalue weighted by Crippen LogP contribution is 2.43. The molecule has 13 heteroatoms. The Morgan fingerprint density at radius 3 is 2.17 bits per heavy atom. The Hall–Kier alpha value is -4.16. The fourth-order valence-electron chi connectivity index (χ4n) is 5.59. The molecule has 1 aliphatic rings. The van der Waals surface area contributed by atoms with E-state index in [-0.39, 0.29) is 16.8 Å². The standard InChI is InChI=1S/C28H28F5N7O/c1-26(2,3)24-35-19-9-17(15-11-34-36(4)12-15)18(28(31,32)33)10-20(19)40(24)16-7-21-23(38(6)25(41)37(21)5)22(8-16)39-13-27(29,30)14-39/h7-12H,13-14H2,1-6H3. The van der Waals surface area contributed by atoms with Crippen LogP contribution in [0.2, 0.25) is 0 Å². The summed E-state index contributed by atoms with van der Waals surface area (Å²) in [6, 6.07) is 5.83. The number of hydrogen-bond donors (Lipinski definition) is 0. The second kappa shape index (κ2) is 8.43. The quantitative estimate of drug-likeness (QED) is 0.272. The van der Waals surface area contributed by atoms with Crippen molar-refractivity contribution in [1.29, 1.82) is 0 Å². The van der Waals surface area contributed by atoms with Gasteiger partial charge in [0.05, 0.1) is 58.3 Å². The minimum atomic E-state index is -4.68. The second-order valence-corrected chi connectivity index (χ2v) is 11.8. The summed E-state index contributed by atoms with van der Waals surface area (Å²) in [5, 5.41) is 4.04. The first kappa shape index (κ1) is 27.0. The van der Waals surface area contributed by atoms with Gasteiger partial charge in [-0.3, -0.25) is 18.4 Å². The lowest BCUT2D eigenvalue weighted by Gasteiger charge is -2.41. The average molecular weight is 574 g/mol. The van der Waals surface area contributed by atoms with E-state index >= 15 is 0 Å². The lowest BCUT2D eigenvalue weighted by atomic mass is 9.95. The molecular formula is C28H28F5N7O. The number of hydrogen-bond acceptors (Lipinski definition) is 4. The SMILES string of the molecule is Cn1cc(-c2cc3nc(C(C)(C)C)n(-c4cc(N5CC(F)(F)C5)c5c(c4)n(C)c(=O)n5C)c3cc2C(F)(F)F)cn1.